The summed E-state index contributed by atoms with van der Waals surface area (Å²) >= 11 is 0. The van der Waals surface area contributed by atoms with E-state index >= 15 is 0 Å². The fraction of sp³-hybridized carbons (Fsp3) is 0.188. The number of halogens is 3. The van der Waals surface area contributed by atoms with E-state index in [-0.39, 0.29) is 22.7 Å². The first-order valence-electron chi connectivity index (χ1n) is 7.38. The molecule has 0 saturated carbocycles. The number of para-hydroxylation sites is 2. The molecule has 2 N–H and O–H groups in total. The van der Waals surface area contributed by atoms with Gasteiger partial charge in [0.05, 0.1) is 10.6 Å². The Morgan fingerprint density at radius 1 is 1.08 bits per heavy atom. The van der Waals surface area contributed by atoms with Gasteiger partial charge in [-0.1, -0.05) is 19.1 Å². The van der Waals surface area contributed by atoms with Crippen molar-refractivity contribution < 1.29 is 31.1 Å². The summed E-state index contributed by atoms with van der Waals surface area (Å²) < 4.78 is 67.1. The van der Waals surface area contributed by atoms with E-state index in [1.807, 2.05) is 0 Å². The highest BCUT2D eigenvalue weighted by molar-refractivity contribution is 7.89. The van der Waals surface area contributed by atoms with Crippen LogP contribution in [0.2, 0.25) is 0 Å². The van der Waals surface area contributed by atoms with Gasteiger partial charge < -0.3 is 10.1 Å². The number of sulfonamides is 1. The van der Waals surface area contributed by atoms with E-state index in [2.05, 4.69) is 14.8 Å². The number of carbonyl (C=O) groups is 1. The number of rotatable bonds is 6. The number of benzene rings is 2. The second-order valence-corrected chi connectivity index (χ2v) is 6.79. The first-order valence-corrected chi connectivity index (χ1v) is 8.86. The van der Waals surface area contributed by atoms with Crippen LogP contribution < -0.4 is 14.8 Å². The second-order valence-electron chi connectivity index (χ2n) is 5.02. The van der Waals surface area contributed by atoms with Crippen molar-refractivity contribution in [3.63, 3.8) is 0 Å². The molecule has 26 heavy (non-hydrogen) atoms. The lowest BCUT2D eigenvalue weighted by Gasteiger charge is -2.14. The Morgan fingerprint density at radius 3 is 2.27 bits per heavy atom. The fourth-order valence-electron chi connectivity index (χ4n) is 2.04. The van der Waals surface area contributed by atoms with Crippen molar-refractivity contribution in [3.05, 3.63) is 54.1 Å². The fourth-order valence-corrected chi connectivity index (χ4v) is 3.08. The second kappa shape index (κ2) is 7.75. The first-order chi connectivity index (χ1) is 12.1. The van der Waals surface area contributed by atoms with Crippen LogP contribution in [-0.4, -0.2) is 27.2 Å². The van der Waals surface area contributed by atoms with Gasteiger partial charge in [-0.25, -0.2) is 13.1 Å². The lowest BCUT2D eigenvalue weighted by atomic mass is 10.2. The first kappa shape index (κ1) is 19.7. The van der Waals surface area contributed by atoms with E-state index in [1.165, 1.54) is 42.5 Å². The molecule has 6 nitrogen and oxygen atoms in total. The van der Waals surface area contributed by atoms with E-state index < -0.39 is 28.0 Å². The third-order valence-electron chi connectivity index (χ3n) is 3.12. The maximum Gasteiger partial charge on any atom is 0.573 e. The van der Waals surface area contributed by atoms with Crippen LogP contribution in [0.3, 0.4) is 0 Å². The molecule has 2 rings (SSSR count). The molecule has 0 aliphatic carbocycles. The number of anilines is 1. The van der Waals surface area contributed by atoms with Crippen LogP contribution in [0.25, 0.3) is 0 Å². The average Bonchev–Trinajstić information content (AvgIpc) is 2.55. The smallest absolute Gasteiger partial charge is 0.404 e. The summed E-state index contributed by atoms with van der Waals surface area (Å²) in [5, 5.41) is 2.30. The third kappa shape index (κ3) is 5.20. The number of hydrogen-bond donors (Lipinski definition) is 2. The third-order valence-corrected chi connectivity index (χ3v) is 4.68. The summed E-state index contributed by atoms with van der Waals surface area (Å²) in [5.74, 6) is -1.27. The molecule has 0 aliphatic heterocycles. The molecule has 0 saturated heterocycles. The van der Waals surface area contributed by atoms with Crippen molar-refractivity contribution in [3.8, 4) is 5.75 Å². The minimum Gasteiger partial charge on any atom is -0.404 e. The zero-order valence-electron chi connectivity index (χ0n) is 13.5. The molecule has 0 fully saturated rings. The predicted molar refractivity (Wildman–Crippen MR) is 88.4 cm³/mol. The summed E-state index contributed by atoms with van der Waals surface area (Å²) in [6.07, 6.45) is -4.90. The minimum absolute atomic E-state index is 0.0308. The molecule has 0 heterocycles. The van der Waals surface area contributed by atoms with Crippen molar-refractivity contribution in [1.82, 2.24) is 4.72 Å². The topological polar surface area (TPSA) is 84.5 Å². The van der Waals surface area contributed by atoms with Gasteiger partial charge in [0.15, 0.2) is 5.75 Å². The Kier molecular flexibility index (Phi) is 5.88. The Morgan fingerprint density at radius 2 is 1.69 bits per heavy atom. The molecule has 0 unspecified atom stereocenters. The highest BCUT2D eigenvalue weighted by Crippen LogP contribution is 2.30. The van der Waals surface area contributed by atoms with Crippen molar-refractivity contribution in [2.24, 2.45) is 0 Å². The summed E-state index contributed by atoms with van der Waals surface area (Å²) in [6.45, 7) is 1.83. The van der Waals surface area contributed by atoms with Crippen LogP contribution in [0, 0.1) is 0 Å². The highest BCUT2D eigenvalue weighted by atomic mass is 32.2. The van der Waals surface area contributed by atoms with Gasteiger partial charge in [-0.05, 0) is 36.4 Å². The average molecular weight is 388 g/mol. The Labute approximate surface area is 148 Å². The minimum atomic E-state index is -4.90. The van der Waals surface area contributed by atoms with Gasteiger partial charge in [0.1, 0.15) is 0 Å². The standard InChI is InChI=1S/C16H15F3N2O4S/c1-2-20-26(23,24)12-9-7-11(8-10-12)15(22)21-13-5-3-4-6-14(13)25-16(17,18)19/h3-10,20H,2H2,1H3,(H,21,22). The number of nitrogens with one attached hydrogen (secondary N) is 2. The van der Waals surface area contributed by atoms with Crippen LogP contribution >= 0.6 is 0 Å². The quantitative estimate of drug-likeness (QED) is 0.796. The lowest BCUT2D eigenvalue weighted by molar-refractivity contribution is -0.274. The van der Waals surface area contributed by atoms with Crippen molar-refractivity contribution >= 4 is 21.6 Å². The maximum absolute atomic E-state index is 12.4. The number of alkyl halides is 3. The maximum atomic E-state index is 12.4. The van der Waals surface area contributed by atoms with Crippen molar-refractivity contribution in [1.29, 1.82) is 0 Å². The molecule has 0 radical (unpaired) electrons. The zero-order chi connectivity index (χ0) is 19.4. The molecule has 0 bridgehead atoms. The molecular formula is C16H15F3N2O4S. The Hall–Kier alpha value is -2.59. The summed E-state index contributed by atoms with van der Waals surface area (Å²) in [6, 6.07) is 10.1. The number of amides is 1. The Bertz CT molecular complexity index is 881. The summed E-state index contributed by atoms with van der Waals surface area (Å²) in [7, 11) is -3.67. The highest BCUT2D eigenvalue weighted by Gasteiger charge is 2.32. The van der Waals surface area contributed by atoms with Gasteiger partial charge in [-0.2, -0.15) is 0 Å². The molecule has 10 heteroatoms. The van der Waals surface area contributed by atoms with Crippen molar-refractivity contribution in [2.75, 3.05) is 11.9 Å². The van der Waals surface area contributed by atoms with E-state index in [9.17, 15) is 26.4 Å². The van der Waals surface area contributed by atoms with E-state index in [0.717, 1.165) is 6.07 Å². The molecule has 0 aromatic heterocycles. The van der Waals surface area contributed by atoms with Crippen LogP contribution in [0.5, 0.6) is 5.75 Å². The molecule has 0 aliphatic rings. The number of ether oxygens (including phenoxy) is 1. The van der Waals surface area contributed by atoms with Crippen LogP contribution in [-0.2, 0) is 10.0 Å². The van der Waals surface area contributed by atoms with Crippen LogP contribution in [0.4, 0.5) is 18.9 Å². The largest absolute Gasteiger partial charge is 0.573 e. The van der Waals surface area contributed by atoms with Gasteiger partial charge in [0, 0.05) is 12.1 Å². The van der Waals surface area contributed by atoms with Gasteiger partial charge in [0.2, 0.25) is 10.0 Å². The van der Waals surface area contributed by atoms with Gasteiger partial charge >= 0.3 is 6.36 Å². The van der Waals surface area contributed by atoms with Crippen LogP contribution in [0.15, 0.2) is 53.4 Å². The summed E-state index contributed by atoms with van der Waals surface area (Å²) in [5.41, 5.74) is -0.0959. The molecule has 2 aromatic carbocycles. The van der Waals surface area contributed by atoms with Gasteiger partial charge in [-0.3, -0.25) is 4.79 Å². The molecule has 1 amide bonds. The monoisotopic (exact) mass is 388 g/mol. The van der Waals surface area contributed by atoms with E-state index in [0.29, 0.717) is 0 Å². The van der Waals surface area contributed by atoms with E-state index in [1.54, 1.807) is 6.92 Å². The Balaban J connectivity index is 2.19. The van der Waals surface area contributed by atoms with Crippen LogP contribution in [0.1, 0.15) is 17.3 Å². The zero-order valence-corrected chi connectivity index (χ0v) is 14.3. The van der Waals surface area contributed by atoms with Crippen molar-refractivity contribution in [2.45, 2.75) is 18.2 Å². The van der Waals surface area contributed by atoms with E-state index in [4.69, 9.17) is 0 Å². The lowest BCUT2D eigenvalue weighted by Crippen LogP contribution is -2.23. The molecular weight excluding hydrogens is 373 g/mol. The SMILES string of the molecule is CCNS(=O)(=O)c1ccc(C(=O)Nc2ccccc2OC(F)(F)F)cc1. The predicted octanol–water partition coefficient (Wildman–Crippen LogP) is 3.14. The normalized spacial score (nSPS) is 11.8. The summed E-state index contributed by atoms with van der Waals surface area (Å²) in [4.78, 5) is 12.2. The van der Waals surface area contributed by atoms with Gasteiger partial charge in [-0.15, -0.1) is 13.2 Å². The molecule has 140 valence electrons. The number of carbonyl (C=O) groups excluding carboxylic acids is 1. The number of hydrogen-bond acceptors (Lipinski definition) is 4. The molecule has 2 aromatic rings. The molecule has 0 spiro atoms. The molecule has 0 atom stereocenters. The van der Waals surface area contributed by atoms with Gasteiger partial charge in [0.25, 0.3) is 5.91 Å².